The lowest BCUT2D eigenvalue weighted by Gasteiger charge is -2.30. The molecule has 2 amide bonds. The molecular weight excluding hydrogens is 360 g/mol. The predicted octanol–water partition coefficient (Wildman–Crippen LogP) is 3.06. The number of hydrogen-bond acceptors (Lipinski definition) is 5. The first-order valence-electron chi connectivity index (χ1n) is 9.15. The fraction of sp³-hybridized carbons (Fsp3) is 0.333. The van der Waals surface area contributed by atoms with Crippen molar-refractivity contribution in [2.45, 2.75) is 19.9 Å². The van der Waals surface area contributed by atoms with Gasteiger partial charge in [0, 0.05) is 18.4 Å². The highest BCUT2D eigenvalue weighted by Gasteiger charge is 2.35. The number of hydrogen-bond donors (Lipinski definition) is 2. The Bertz CT molecular complexity index is 922. The minimum atomic E-state index is -0.698. The Morgan fingerprint density at radius 2 is 1.93 bits per heavy atom. The minimum Gasteiger partial charge on any atom is -0.493 e. The highest BCUT2D eigenvalue weighted by atomic mass is 16.6. The largest absolute Gasteiger partial charge is 0.493 e. The number of amides is 2. The first-order chi connectivity index (χ1) is 13.6. The van der Waals surface area contributed by atoms with Gasteiger partial charge < -0.3 is 24.8 Å². The van der Waals surface area contributed by atoms with E-state index < -0.39 is 12.0 Å². The summed E-state index contributed by atoms with van der Waals surface area (Å²) in [6, 6.07) is 10.5. The van der Waals surface area contributed by atoms with Crippen molar-refractivity contribution in [1.29, 1.82) is 0 Å². The molecule has 1 aliphatic heterocycles. The second-order valence-corrected chi connectivity index (χ2v) is 6.33. The molecule has 2 aromatic carbocycles. The second-order valence-electron chi connectivity index (χ2n) is 6.33. The van der Waals surface area contributed by atoms with E-state index in [-0.39, 0.29) is 12.6 Å². The van der Waals surface area contributed by atoms with Crippen LogP contribution in [0.4, 0.5) is 4.79 Å². The van der Waals surface area contributed by atoms with Crippen LogP contribution < -0.4 is 15.4 Å². The molecule has 148 valence electrons. The fourth-order valence-corrected chi connectivity index (χ4v) is 3.33. The van der Waals surface area contributed by atoms with Crippen molar-refractivity contribution in [3.63, 3.8) is 0 Å². The first kappa shape index (κ1) is 19.7. The molecule has 1 aliphatic rings. The number of rotatable bonds is 7. The lowest BCUT2D eigenvalue weighted by molar-refractivity contribution is -0.140. The zero-order chi connectivity index (χ0) is 20.1. The third-order valence-electron chi connectivity index (χ3n) is 4.53. The Balaban J connectivity index is 2.13. The number of carbonyl (C=O) groups excluding carboxylic acids is 2. The van der Waals surface area contributed by atoms with Gasteiger partial charge in [0.1, 0.15) is 12.4 Å². The summed E-state index contributed by atoms with van der Waals surface area (Å²) in [5.74, 6) is 0.103. The van der Waals surface area contributed by atoms with Gasteiger partial charge in [-0.15, -0.1) is 0 Å². The second kappa shape index (κ2) is 8.75. The van der Waals surface area contributed by atoms with E-state index in [9.17, 15) is 9.59 Å². The van der Waals surface area contributed by atoms with Crippen LogP contribution in [0.2, 0.25) is 0 Å². The summed E-state index contributed by atoms with van der Waals surface area (Å²) in [4.78, 5) is 25.0. The summed E-state index contributed by atoms with van der Waals surface area (Å²) in [6.07, 6.45) is 0. The van der Waals surface area contributed by atoms with Crippen molar-refractivity contribution in [2.75, 3.05) is 26.9 Å². The molecule has 7 heteroatoms. The maximum absolute atomic E-state index is 12.8. The number of urea groups is 1. The maximum atomic E-state index is 12.8. The van der Waals surface area contributed by atoms with Crippen molar-refractivity contribution in [1.82, 2.24) is 10.6 Å². The molecule has 0 aliphatic carbocycles. The molecule has 0 saturated heterocycles. The van der Waals surface area contributed by atoms with Gasteiger partial charge in [-0.05, 0) is 30.7 Å². The quantitative estimate of drug-likeness (QED) is 0.566. The average molecular weight is 384 g/mol. The van der Waals surface area contributed by atoms with Crippen LogP contribution in [0.1, 0.15) is 25.5 Å². The van der Waals surface area contributed by atoms with Crippen LogP contribution in [0.3, 0.4) is 0 Å². The molecule has 2 N–H and O–H groups in total. The summed E-state index contributed by atoms with van der Waals surface area (Å²) >= 11 is 0. The van der Waals surface area contributed by atoms with E-state index in [1.807, 2.05) is 43.3 Å². The average Bonchev–Trinajstić information content (AvgIpc) is 2.67. The summed E-state index contributed by atoms with van der Waals surface area (Å²) < 4.78 is 16.1. The van der Waals surface area contributed by atoms with Crippen molar-refractivity contribution < 1.29 is 23.8 Å². The number of nitrogens with one attached hydrogen (secondary N) is 2. The van der Waals surface area contributed by atoms with Gasteiger partial charge in [0.05, 0.1) is 24.8 Å². The summed E-state index contributed by atoms with van der Waals surface area (Å²) in [5.41, 5.74) is 1.52. The molecule has 0 unspecified atom stereocenters. The van der Waals surface area contributed by atoms with Crippen molar-refractivity contribution in [3.8, 4) is 5.75 Å². The number of carbonyl (C=O) groups is 2. The SMILES string of the molecule is CCOc1ccc2ccccc2c1[C@H]1NC(=O)NC(C)=C1C(=O)OCCOC. The number of allylic oxidation sites excluding steroid dienone is 1. The van der Waals surface area contributed by atoms with E-state index in [4.69, 9.17) is 14.2 Å². The molecule has 28 heavy (non-hydrogen) atoms. The molecule has 1 heterocycles. The van der Waals surface area contributed by atoms with Gasteiger partial charge in [-0.2, -0.15) is 0 Å². The molecule has 0 aromatic heterocycles. The van der Waals surface area contributed by atoms with Gasteiger partial charge in [0.2, 0.25) is 0 Å². The lowest BCUT2D eigenvalue weighted by Crippen LogP contribution is -2.45. The molecule has 0 bridgehead atoms. The van der Waals surface area contributed by atoms with Gasteiger partial charge in [0.15, 0.2) is 0 Å². The smallest absolute Gasteiger partial charge is 0.338 e. The Kier molecular flexibility index (Phi) is 6.16. The van der Waals surface area contributed by atoms with Crippen molar-refractivity contribution in [2.24, 2.45) is 0 Å². The topological polar surface area (TPSA) is 85.9 Å². The molecule has 0 spiro atoms. The summed E-state index contributed by atoms with van der Waals surface area (Å²) in [7, 11) is 1.54. The van der Waals surface area contributed by atoms with Crippen molar-refractivity contribution >= 4 is 22.8 Å². The number of fused-ring (bicyclic) bond motifs is 1. The third kappa shape index (κ3) is 3.94. The molecule has 1 atom stereocenters. The van der Waals surface area contributed by atoms with Gasteiger partial charge in [-0.3, -0.25) is 0 Å². The van der Waals surface area contributed by atoms with Gasteiger partial charge in [-0.1, -0.05) is 30.3 Å². The maximum Gasteiger partial charge on any atom is 0.338 e. The normalized spacial score (nSPS) is 16.5. The molecule has 3 rings (SSSR count). The predicted molar refractivity (Wildman–Crippen MR) is 105 cm³/mol. The standard InChI is InChI=1S/C21H24N2O5/c1-4-27-16-10-9-14-7-5-6-8-15(14)18(16)19-17(13(2)22-21(25)23-19)20(24)28-12-11-26-3/h5-10,19H,4,11-12H2,1-3H3,(H2,22,23,25)/t19-/m0/s1. The van der Waals surface area contributed by atoms with Crippen LogP contribution >= 0.6 is 0 Å². The van der Waals surface area contributed by atoms with E-state index >= 15 is 0 Å². The Morgan fingerprint density at radius 1 is 1.14 bits per heavy atom. The highest BCUT2D eigenvalue weighted by Crippen LogP contribution is 2.38. The van der Waals surface area contributed by atoms with Crippen LogP contribution in [0.25, 0.3) is 10.8 Å². The number of benzene rings is 2. The first-order valence-corrected chi connectivity index (χ1v) is 9.15. The molecule has 0 fully saturated rings. The zero-order valence-corrected chi connectivity index (χ0v) is 16.2. The van der Waals surface area contributed by atoms with Gasteiger partial charge in [0.25, 0.3) is 0 Å². The monoisotopic (exact) mass is 384 g/mol. The summed E-state index contributed by atoms with van der Waals surface area (Å²) in [5, 5.41) is 7.40. The summed E-state index contributed by atoms with van der Waals surface area (Å²) in [6.45, 7) is 4.45. The third-order valence-corrected chi connectivity index (χ3v) is 4.53. The Labute approximate surface area is 163 Å². The zero-order valence-electron chi connectivity index (χ0n) is 16.2. The van der Waals surface area contributed by atoms with E-state index in [1.54, 1.807) is 6.92 Å². The van der Waals surface area contributed by atoms with Crippen molar-refractivity contribution in [3.05, 3.63) is 53.2 Å². The number of esters is 1. The number of methoxy groups -OCH3 is 1. The number of ether oxygens (including phenoxy) is 3. The van der Waals surface area contributed by atoms with E-state index in [0.717, 1.165) is 16.3 Å². The van der Waals surface area contributed by atoms with Crippen LogP contribution in [-0.2, 0) is 14.3 Å². The van der Waals surface area contributed by atoms with Crippen LogP contribution in [0.5, 0.6) is 5.75 Å². The minimum absolute atomic E-state index is 0.126. The molecule has 7 nitrogen and oxygen atoms in total. The van der Waals surface area contributed by atoms with Gasteiger partial charge >= 0.3 is 12.0 Å². The highest BCUT2D eigenvalue weighted by molar-refractivity contribution is 5.98. The Hall–Kier alpha value is -3.06. The van der Waals surface area contributed by atoms with Crippen LogP contribution in [0, 0.1) is 0 Å². The molecule has 0 radical (unpaired) electrons. The molecular formula is C21H24N2O5. The molecule has 2 aromatic rings. The van der Waals surface area contributed by atoms with Crippen LogP contribution in [0.15, 0.2) is 47.7 Å². The van der Waals surface area contributed by atoms with E-state index in [1.165, 1.54) is 7.11 Å². The van der Waals surface area contributed by atoms with E-state index in [2.05, 4.69) is 10.6 Å². The lowest BCUT2D eigenvalue weighted by atomic mass is 9.90. The Morgan fingerprint density at radius 3 is 2.68 bits per heavy atom. The van der Waals surface area contributed by atoms with E-state index in [0.29, 0.717) is 30.2 Å². The fourth-order valence-electron chi connectivity index (χ4n) is 3.33. The molecule has 0 saturated carbocycles. The van der Waals surface area contributed by atoms with Gasteiger partial charge in [-0.25, -0.2) is 9.59 Å². The van der Waals surface area contributed by atoms with Crippen LogP contribution in [-0.4, -0.2) is 38.9 Å².